The normalized spacial score (nSPS) is 12.1. The van der Waals surface area contributed by atoms with E-state index in [9.17, 15) is 15.2 Å². The minimum absolute atomic E-state index is 0. The highest BCUT2D eigenvalue weighted by atomic mass is 35.5. The first-order valence-electron chi connectivity index (χ1n) is 8.03. The van der Waals surface area contributed by atoms with E-state index in [1.165, 1.54) is 0 Å². The molecule has 1 aromatic rings. The SMILES string of the molecule is CC(C)NCC(O)COc1ccc(NC(=O)C(C)(C)C)cc1C#N.Cl. The summed E-state index contributed by atoms with van der Waals surface area (Å²) >= 11 is 0. The minimum atomic E-state index is -0.667. The number of nitrogens with one attached hydrogen (secondary N) is 2. The second-order valence-electron chi connectivity index (χ2n) is 7.05. The standard InChI is InChI=1S/C18H27N3O3.ClH/c1-12(2)20-10-15(22)11-24-16-7-6-14(8-13(16)9-19)21-17(23)18(3,4)5;/h6-8,12,15,20,22H,10-11H2,1-5H3,(H,21,23);1H. The molecule has 0 bridgehead atoms. The molecule has 0 saturated carbocycles. The maximum absolute atomic E-state index is 12.0. The fraction of sp³-hybridized carbons (Fsp3) is 0.556. The highest BCUT2D eigenvalue weighted by molar-refractivity contribution is 5.94. The van der Waals surface area contributed by atoms with E-state index in [1.54, 1.807) is 18.2 Å². The van der Waals surface area contributed by atoms with Crippen LogP contribution in [0.1, 0.15) is 40.2 Å². The third kappa shape index (κ3) is 8.21. The molecule has 7 heteroatoms. The third-order valence-corrected chi connectivity index (χ3v) is 3.23. The lowest BCUT2D eigenvalue weighted by atomic mass is 9.95. The molecule has 1 atom stereocenters. The van der Waals surface area contributed by atoms with Gasteiger partial charge in [0.1, 0.15) is 24.5 Å². The Morgan fingerprint density at radius 2 is 2.00 bits per heavy atom. The average molecular weight is 370 g/mol. The molecular weight excluding hydrogens is 342 g/mol. The minimum Gasteiger partial charge on any atom is -0.489 e. The van der Waals surface area contributed by atoms with Crippen LogP contribution in [0, 0.1) is 16.7 Å². The molecule has 0 aromatic heterocycles. The zero-order valence-corrected chi connectivity index (χ0v) is 16.2. The van der Waals surface area contributed by atoms with Crippen LogP contribution in [0.2, 0.25) is 0 Å². The molecule has 0 aliphatic rings. The second-order valence-corrected chi connectivity index (χ2v) is 7.05. The molecule has 140 valence electrons. The Morgan fingerprint density at radius 3 is 2.52 bits per heavy atom. The highest BCUT2D eigenvalue weighted by Gasteiger charge is 2.21. The number of nitrogens with zero attached hydrogens (tertiary/aromatic N) is 1. The lowest BCUT2D eigenvalue weighted by Crippen LogP contribution is -2.35. The van der Waals surface area contributed by atoms with Crippen molar-refractivity contribution in [2.24, 2.45) is 5.41 Å². The van der Waals surface area contributed by atoms with Crippen LogP contribution in [0.25, 0.3) is 0 Å². The van der Waals surface area contributed by atoms with E-state index in [2.05, 4.69) is 10.6 Å². The molecule has 0 aliphatic heterocycles. The van der Waals surface area contributed by atoms with E-state index in [1.807, 2.05) is 40.7 Å². The van der Waals surface area contributed by atoms with Crippen LogP contribution in [0.5, 0.6) is 5.75 Å². The maximum atomic E-state index is 12.0. The summed E-state index contributed by atoms with van der Waals surface area (Å²) in [6.07, 6.45) is -0.667. The fourth-order valence-corrected chi connectivity index (χ4v) is 1.76. The molecule has 3 N–H and O–H groups in total. The molecular formula is C18H28ClN3O3. The van der Waals surface area contributed by atoms with Gasteiger partial charge in [-0.3, -0.25) is 4.79 Å². The first kappa shape index (κ1) is 23.2. The molecule has 1 amide bonds. The lowest BCUT2D eigenvalue weighted by Gasteiger charge is -2.18. The maximum Gasteiger partial charge on any atom is 0.229 e. The zero-order chi connectivity index (χ0) is 18.3. The van der Waals surface area contributed by atoms with Crippen molar-refractivity contribution in [2.75, 3.05) is 18.5 Å². The number of anilines is 1. The average Bonchev–Trinajstić information content (AvgIpc) is 2.50. The summed E-state index contributed by atoms with van der Waals surface area (Å²) in [5.41, 5.74) is 0.335. The van der Waals surface area contributed by atoms with E-state index in [4.69, 9.17) is 4.74 Å². The van der Waals surface area contributed by atoms with Gasteiger partial charge in [-0.05, 0) is 18.2 Å². The molecule has 0 aliphatic carbocycles. The van der Waals surface area contributed by atoms with Crippen molar-refractivity contribution < 1.29 is 14.6 Å². The molecule has 0 fully saturated rings. The van der Waals surface area contributed by atoms with Gasteiger partial charge in [-0.15, -0.1) is 12.4 Å². The van der Waals surface area contributed by atoms with E-state index in [0.717, 1.165) is 0 Å². The first-order valence-corrected chi connectivity index (χ1v) is 8.03. The predicted octanol–water partition coefficient (Wildman–Crippen LogP) is 2.70. The molecule has 0 saturated heterocycles. The molecule has 0 heterocycles. The van der Waals surface area contributed by atoms with Crippen molar-refractivity contribution in [3.8, 4) is 11.8 Å². The summed E-state index contributed by atoms with van der Waals surface area (Å²) in [5, 5.41) is 25.0. The number of ether oxygens (including phenoxy) is 1. The topological polar surface area (TPSA) is 94.4 Å². The number of rotatable bonds is 7. The number of nitriles is 1. The molecule has 0 spiro atoms. The summed E-state index contributed by atoms with van der Waals surface area (Å²) in [6, 6.07) is 7.20. The largest absolute Gasteiger partial charge is 0.489 e. The summed E-state index contributed by atoms with van der Waals surface area (Å²) in [4.78, 5) is 12.0. The van der Waals surface area contributed by atoms with Crippen LogP contribution in [0.4, 0.5) is 5.69 Å². The number of carbonyl (C=O) groups excluding carboxylic acids is 1. The number of amides is 1. The molecule has 0 radical (unpaired) electrons. The van der Waals surface area contributed by atoms with Crippen LogP contribution in [0.3, 0.4) is 0 Å². The van der Waals surface area contributed by atoms with E-state index in [-0.39, 0.29) is 31.0 Å². The van der Waals surface area contributed by atoms with Crippen molar-refractivity contribution in [3.05, 3.63) is 23.8 Å². The molecule has 1 unspecified atom stereocenters. The predicted molar refractivity (Wildman–Crippen MR) is 101 cm³/mol. The molecule has 6 nitrogen and oxygen atoms in total. The van der Waals surface area contributed by atoms with Gasteiger partial charge >= 0.3 is 0 Å². The zero-order valence-electron chi connectivity index (χ0n) is 15.4. The van der Waals surface area contributed by atoms with Crippen LogP contribution < -0.4 is 15.4 Å². The van der Waals surface area contributed by atoms with Gasteiger partial charge in [0.2, 0.25) is 5.91 Å². The van der Waals surface area contributed by atoms with Gasteiger partial charge in [0.15, 0.2) is 0 Å². The van der Waals surface area contributed by atoms with Crippen LogP contribution in [-0.4, -0.2) is 36.3 Å². The van der Waals surface area contributed by atoms with Crippen molar-refractivity contribution in [2.45, 2.75) is 46.8 Å². The van der Waals surface area contributed by atoms with Gasteiger partial charge < -0.3 is 20.5 Å². The molecule has 1 rings (SSSR count). The Labute approximate surface area is 156 Å². The first-order chi connectivity index (χ1) is 11.1. The quantitative estimate of drug-likeness (QED) is 0.687. The Morgan fingerprint density at radius 1 is 1.36 bits per heavy atom. The van der Waals surface area contributed by atoms with E-state index < -0.39 is 11.5 Å². The van der Waals surface area contributed by atoms with Gasteiger partial charge in [-0.25, -0.2) is 0 Å². The Kier molecular flexibility index (Phi) is 9.50. The monoisotopic (exact) mass is 369 g/mol. The number of aliphatic hydroxyl groups excluding tert-OH is 1. The van der Waals surface area contributed by atoms with E-state index >= 15 is 0 Å². The van der Waals surface area contributed by atoms with Crippen molar-refractivity contribution in [1.82, 2.24) is 5.32 Å². The summed E-state index contributed by atoms with van der Waals surface area (Å²) in [7, 11) is 0. The number of benzene rings is 1. The highest BCUT2D eigenvalue weighted by Crippen LogP contribution is 2.24. The van der Waals surface area contributed by atoms with Gasteiger partial charge in [-0.2, -0.15) is 5.26 Å². The number of aliphatic hydroxyl groups is 1. The molecule has 1 aromatic carbocycles. The summed E-state index contributed by atoms with van der Waals surface area (Å²) in [6.45, 7) is 9.94. The number of hydrogen-bond acceptors (Lipinski definition) is 5. The summed E-state index contributed by atoms with van der Waals surface area (Å²) < 4.78 is 5.52. The van der Waals surface area contributed by atoms with Crippen molar-refractivity contribution in [1.29, 1.82) is 5.26 Å². The Balaban J connectivity index is 0.00000576. The fourth-order valence-electron chi connectivity index (χ4n) is 1.76. The van der Waals surface area contributed by atoms with Gasteiger partial charge in [0, 0.05) is 23.7 Å². The third-order valence-electron chi connectivity index (χ3n) is 3.23. The van der Waals surface area contributed by atoms with Crippen molar-refractivity contribution in [3.63, 3.8) is 0 Å². The van der Waals surface area contributed by atoms with Crippen LogP contribution >= 0.6 is 12.4 Å². The van der Waals surface area contributed by atoms with Gasteiger partial charge in [0.25, 0.3) is 0 Å². The second kappa shape index (κ2) is 10.2. The van der Waals surface area contributed by atoms with Crippen LogP contribution in [0.15, 0.2) is 18.2 Å². The van der Waals surface area contributed by atoms with Gasteiger partial charge in [-0.1, -0.05) is 34.6 Å². The van der Waals surface area contributed by atoms with Crippen molar-refractivity contribution >= 4 is 24.0 Å². The summed E-state index contributed by atoms with van der Waals surface area (Å²) in [5.74, 6) is 0.255. The van der Waals surface area contributed by atoms with Crippen LogP contribution in [-0.2, 0) is 4.79 Å². The van der Waals surface area contributed by atoms with Gasteiger partial charge in [0.05, 0.1) is 5.56 Å². The Hall–Kier alpha value is -1.81. The molecule has 25 heavy (non-hydrogen) atoms. The number of hydrogen-bond donors (Lipinski definition) is 3. The lowest BCUT2D eigenvalue weighted by molar-refractivity contribution is -0.123. The number of halogens is 1. The Bertz CT molecular complexity index is 607. The van der Waals surface area contributed by atoms with E-state index in [0.29, 0.717) is 23.5 Å². The number of carbonyl (C=O) groups is 1. The smallest absolute Gasteiger partial charge is 0.229 e.